The third kappa shape index (κ3) is 2.16. The number of carbonyl (C=O) groups is 1. The third-order valence-electron chi connectivity index (χ3n) is 2.82. The van der Waals surface area contributed by atoms with Gasteiger partial charge >= 0.3 is 0 Å². The molecule has 0 spiro atoms. The molecule has 0 radical (unpaired) electrons. The molecular weight excluding hydrogens is 305 g/mol. The summed E-state index contributed by atoms with van der Waals surface area (Å²) in [5.74, 6) is 0.998. The molecule has 5 heteroatoms. The molecule has 1 fully saturated rings. The Hall–Kier alpha value is -0.590. The van der Waals surface area contributed by atoms with Crippen molar-refractivity contribution in [3.8, 4) is 0 Å². The predicted octanol–water partition coefficient (Wildman–Crippen LogP) is 2.66. The molecule has 1 saturated heterocycles. The fourth-order valence-electron chi connectivity index (χ4n) is 2.03. The first kappa shape index (κ1) is 10.9. The van der Waals surface area contributed by atoms with Crippen LogP contribution in [0, 0.1) is 0 Å². The summed E-state index contributed by atoms with van der Waals surface area (Å²) < 4.78 is 0.128. The molecule has 1 aromatic rings. The second-order valence-corrected chi connectivity index (χ2v) is 4.67. The minimum Gasteiger partial charge on any atom is -0.344 e. The number of aromatic amines is 1. The lowest BCUT2D eigenvalue weighted by Crippen LogP contribution is -2.25. The summed E-state index contributed by atoms with van der Waals surface area (Å²) in [6.45, 7) is 2.94. The van der Waals surface area contributed by atoms with E-state index in [1.54, 1.807) is 0 Å². The highest BCUT2D eigenvalue weighted by Gasteiger charge is 2.29. The quantitative estimate of drug-likeness (QED) is 0.518. The molecule has 0 bridgehead atoms. The number of nitrogens with one attached hydrogen (secondary N) is 1. The number of hydrogen-bond acceptors (Lipinski definition) is 2. The number of aryl methyl sites for hydroxylation is 1. The summed E-state index contributed by atoms with van der Waals surface area (Å²) >= 11 is 1.86. The number of aromatic nitrogens is 2. The fourth-order valence-corrected chi connectivity index (χ4v) is 2.61. The van der Waals surface area contributed by atoms with Crippen molar-refractivity contribution in [1.82, 2.24) is 14.9 Å². The number of likely N-dealkylation sites (tertiary alicyclic amines) is 1. The number of carbonyl (C=O) groups excluding carboxylic acids is 1. The van der Waals surface area contributed by atoms with Gasteiger partial charge in [0.1, 0.15) is 5.82 Å². The molecule has 4 nitrogen and oxygen atoms in total. The number of amides is 1. The Morgan fingerprint density at radius 1 is 1.80 bits per heavy atom. The molecule has 1 N–H and O–H groups in total. The number of H-pyrrole nitrogens is 1. The van der Waals surface area contributed by atoms with E-state index in [0.717, 1.165) is 37.3 Å². The number of hydrogen-bond donors (Lipinski definition) is 1. The molecule has 2 rings (SSSR count). The van der Waals surface area contributed by atoms with Gasteiger partial charge in [-0.05, 0) is 12.8 Å². The largest absolute Gasteiger partial charge is 0.344 e. The molecule has 1 aliphatic rings. The molecular formula is C10H14IN3O. The Morgan fingerprint density at radius 2 is 2.60 bits per heavy atom. The Labute approximate surface area is 103 Å². The Bertz CT molecular complexity index is 363. The van der Waals surface area contributed by atoms with Crippen LogP contribution in [0.5, 0.6) is 0 Å². The first-order chi connectivity index (χ1) is 7.22. The van der Waals surface area contributed by atoms with Crippen molar-refractivity contribution >= 4 is 26.5 Å². The van der Waals surface area contributed by atoms with Gasteiger partial charge in [0.15, 0.2) is 0 Å². The van der Waals surface area contributed by atoms with Crippen molar-refractivity contribution in [2.24, 2.45) is 0 Å². The molecule has 82 valence electrons. The normalized spacial score (nSPS) is 20.9. The van der Waals surface area contributed by atoms with Gasteiger partial charge in [-0.15, -0.1) is 0 Å². The maximum Gasteiger partial charge on any atom is 0.283 e. The SMILES string of the molecule is CCc1ncc(C2CCCN2C(=O)I)[nH]1. The summed E-state index contributed by atoms with van der Waals surface area (Å²) in [5.41, 5.74) is 1.08. The summed E-state index contributed by atoms with van der Waals surface area (Å²) in [5, 5.41) is 0. The van der Waals surface area contributed by atoms with Gasteiger partial charge in [0.2, 0.25) is 0 Å². The number of rotatable bonds is 2. The van der Waals surface area contributed by atoms with Crippen molar-refractivity contribution in [2.45, 2.75) is 32.2 Å². The molecule has 2 heterocycles. The van der Waals surface area contributed by atoms with Crippen LogP contribution < -0.4 is 0 Å². The molecule has 1 unspecified atom stereocenters. The topological polar surface area (TPSA) is 49.0 Å². The maximum atomic E-state index is 11.4. The molecule has 1 aromatic heterocycles. The summed E-state index contributed by atoms with van der Waals surface area (Å²) in [6, 6.07) is 0.210. The zero-order valence-electron chi connectivity index (χ0n) is 8.66. The number of halogens is 1. The van der Waals surface area contributed by atoms with E-state index >= 15 is 0 Å². The molecule has 1 amide bonds. The zero-order chi connectivity index (χ0) is 10.8. The van der Waals surface area contributed by atoms with Crippen molar-refractivity contribution < 1.29 is 4.79 Å². The van der Waals surface area contributed by atoms with Gasteiger partial charge in [0, 0.05) is 35.6 Å². The van der Waals surface area contributed by atoms with Crippen LogP contribution in [-0.4, -0.2) is 25.3 Å². The van der Waals surface area contributed by atoms with Gasteiger partial charge < -0.3 is 9.88 Å². The minimum atomic E-state index is 0.128. The molecule has 0 aliphatic carbocycles. The van der Waals surface area contributed by atoms with E-state index in [9.17, 15) is 4.79 Å². The highest BCUT2D eigenvalue weighted by molar-refractivity contribution is 14.1. The minimum absolute atomic E-state index is 0.128. The van der Waals surface area contributed by atoms with Gasteiger partial charge in [-0.3, -0.25) is 4.79 Å². The average molecular weight is 319 g/mol. The van der Waals surface area contributed by atoms with Crippen LogP contribution >= 0.6 is 22.6 Å². The summed E-state index contributed by atoms with van der Waals surface area (Å²) in [4.78, 5) is 20.9. The maximum absolute atomic E-state index is 11.4. The molecule has 1 atom stereocenters. The first-order valence-electron chi connectivity index (χ1n) is 5.22. The summed E-state index contributed by atoms with van der Waals surface area (Å²) in [7, 11) is 0. The average Bonchev–Trinajstić information content (AvgIpc) is 2.85. The van der Waals surface area contributed by atoms with Crippen molar-refractivity contribution in [3.63, 3.8) is 0 Å². The van der Waals surface area contributed by atoms with Crippen molar-refractivity contribution in [1.29, 1.82) is 0 Å². The van der Waals surface area contributed by atoms with Crippen molar-refractivity contribution in [3.05, 3.63) is 17.7 Å². The highest BCUT2D eigenvalue weighted by atomic mass is 127. The number of nitrogens with zero attached hydrogens (tertiary/aromatic N) is 2. The van der Waals surface area contributed by atoms with Gasteiger partial charge in [-0.25, -0.2) is 4.98 Å². The Kier molecular flexibility index (Phi) is 3.28. The van der Waals surface area contributed by atoms with Crippen LogP contribution in [-0.2, 0) is 6.42 Å². The fraction of sp³-hybridized carbons (Fsp3) is 0.600. The van der Waals surface area contributed by atoms with Crippen LogP contribution in [0.4, 0.5) is 4.79 Å². The lowest BCUT2D eigenvalue weighted by atomic mass is 10.2. The van der Waals surface area contributed by atoms with Crippen molar-refractivity contribution in [2.75, 3.05) is 6.54 Å². The molecule has 0 aromatic carbocycles. The molecule has 1 aliphatic heterocycles. The monoisotopic (exact) mass is 319 g/mol. The zero-order valence-corrected chi connectivity index (χ0v) is 10.8. The molecule has 15 heavy (non-hydrogen) atoms. The smallest absolute Gasteiger partial charge is 0.283 e. The second kappa shape index (κ2) is 4.51. The third-order valence-corrected chi connectivity index (χ3v) is 3.44. The Balaban J connectivity index is 2.18. The second-order valence-electron chi connectivity index (χ2n) is 3.74. The first-order valence-corrected chi connectivity index (χ1v) is 6.30. The standard InChI is InChI=1S/C10H14IN3O/c1-2-9-12-6-7(13-9)8-4-3-5-14(8)10(11)15/h6,8H,2-5H2,1H3,(H,12,13). The van der Waals surface area contributed by atoms with E-state index in [2.05, 4.69) is 16.9 Å². The Morgan fingerprint density at radius 3 is 3.20 bits per heavy atom. The highest BCUT2D eigenvalue weighted by Crippen LogP contribution is 2.32. The summed E-state index contributed by atoms with van der Waals surface area (Å²) in [6.07, 6.45) is 4.90. The van der Waals surface area contributed by atoms with E-state index in [-0.39, 0.29) is 9.96 Å². The van der Waals surface area contributed by atoms with Crippen LogP contribution in [0.2, 0.25) is 0 Å². The lowest BCUT2D eigenvalue weighted by Gasteiger charge is -2.20. The number of imidazole rings is 1. The van der Waals surface area contributed by atoms with Gasteiger partial charge in [-0.1, -0.05) is 6.92 Å². The van der Waals surface area contributed by atoms with E-state index in [1.165, 1.54) is 0 Å². The molecule has 0 saturated carbocycles. The van der Waals surface area contributed by atoms with Crippen LogP contribution in [0.3, 0.4) is 0 Å². The van der Waals surface area contributed by atoms with E-state index in [4.69, 9.17) is 0 Å². The van der Waals surface area contributed by atoms with Crippen LogP contribution in [0.1, 0.15) is 37.3 Å². The van der Waals surface area contributed by atoms with E-state index in [0.29, 0.717) is 0 Å². The van der Waals surface area contributed by atoms with Gasteiger partial charge in [0.25, 0.3) is 3.91 Å². The van der Waals surface area contributed by atoms with E-state index < -0.39 is 0 Å². The van der Waals surface area contributed by atoms with Gasteiger partial charge in [0.05, 0.1) is 17.9 Å². The van der Waals surface area contributed by atoms with E-state index in [1.807, 2.05) is 33.7 Å². The van der Waals surface area contributed by atoms with Crippen LogP contribution in [0.15, 0.2) is 6.20 Å². The van der Waals surface area contributed by atoms with Gasteiger partial charge in [-0.2, -0.15) is 0 Å². The predicted molar refractivity (Wildman–Crippen MR) is 66.1 cm³/mol. The lowest BCUT2D eigenvalue weighted by molar-refractivity contribution is 0.221. The van der Waals surface area contributed by atoms with Crippen LogP contribution in [0.25, 0.3) is 0 Å².